The number of carbonyl (C=O) groups is 3. The van der Waals surface area contributed by atoms with E-state index >= 15 is 0 Å². The number of carbonyl (C=O) groups excluding carboxylic acids is 3. The number of aryl methyl sites for hydroxylation is 1. The van der Waals surface area contributed by atoms with Gasteiger partial charge in [0.2, 0.25) is 15.9 Å². The molecule has 2 N–H and O–H groups in total. The lowest BCUT2D eigenvalue weighted by Crippen LogP contribution is -2.57. The summed E-state index contributed by atoms with van der Waals surface area (Å²) >= 11 is 8.17. The van der Waals surface area contributed by atoms with Crippen LogP contribution in [0.25, 0.3) is 21.6 Å². The van der Waals surface area contributed by atoms with E-state index in [1.54, 1.807) is 30.1 Å². The van der Waals surface area contributed by atoms with Crippen LogP contribution in [0.4, 0.5) is 4.79 Å². The minimum Gasteiger partial charge on any atom is -0.495 e. The third-order valence-corrected chi connectivity index (χ3v) is 13.0. The second-order valence-corrected chi connectivity index (χ2v) is 16.7. The Labute approximate surface area is 299 Å². The molecule has 4 atom stereocenters. The SMILES string of the molecule is COc1ccc2c(O[C@H]3C[C@H]4C(=O)N(C)CCCC/C=C\C5C[C@@]5(C(=O)NS(=O)(=O)C5CC5)NC(=O)N4C3)cc(-c3nc(C)cs3)nc2c1Cl. The number of pyridine rings is 1. The van der Waals surface area contributed by atoms with Crippen LogP contribution in [0.5, 0.6) is 11.5 Å². The van der Waals surface area contributed by atoms with E-state index in [0.717, 1.165) is 25.0 Å². The summed E-state index contributed by atoms with van der Waals surface area (Å²) in [5.41, 5.74) is 0.400. The zero-order valence-corrected chi connectivity index (χ0v) is 30.4. The number of likely N-dealkylation sites (N-methyl/N-ethyl adjacent to an activating group) is 1. The van der Waals surface area contributed by atoms with Crippen molar-refractivity contribution in [3.8, 4) is 22.2 Å². The Morgan fingerprint density at radius 1 is 1.18 bits per heavy atom. The molecule has 2 saturated carbocycles. The summed E-state index contributed by atoms with van der Waals surface area (Å²) in [6, 6.07) is 3.79. The van der Waals surface area contributed by atoms with Gasteiger partial charge in [-0.15, -0.1) is 11.3 Å². The number of aromatic nitrogens is 2. The number of amides is 4. The maximum Gasteiger partial charge on any atom is 0.319 e. The van der Waals surface area contributed by atoms with Gasteiger partial charge in [0, 0.05) is 48.5 Å². The molecule has 2 aliphatic heterocycles. The van der Waals surface area contributed by atoms with E-state index in [4.69, 9.17) is 26.1 Å². The number of methoxy groups -OCH3 is 1. The first-order chi connectivity index (χ1) is 23.9. The predicted molar refractivity (Wildman–Crippen MR) is 189 cm³/mol. The summed E-state index contributed by atoms with van der Waals surface area (Å²) in [6.07, 6.45) is 6.96. The molecular weight excluding hydrogens is 704 g/mol. The lowest BCUT2D eigenvalue weighted by molar-refractivity contribution is -0.134. The van der Waals surface area contributed by atoms with Gasteiger partial charge in [0.05, 0.1) is 24.4 Å². The van der Waals surface area contributed by atoms with Crippen molar-refractivity contribution in [2.45, 2.75) is 74.8 Å². The van der Waals surface area contributed by atoms with Gasteiger partial charge in [-0.05, 0) is 57.6 Å². The molecule has 3 fully saturated rings. The van der Waals surface area contributed by atoms with Gasteiger partial charge in [0.15, 0.2) is 0 Å². The van der Waals surface area contributed by atoms with Crippen molar-refractivity contribution < 1.29 is 32.3 Å². The van der Waals surface area contributed by atoms with Crippen molar-refractivity contribution in [1.82, 2.24) is 29.8 Å². The molecular formula is C34H39ClN6O7S2. The molecule has 1 aromatic carbocycles. The minimum absolute atomic E-state index is 0.0358. The largest absolute Gasteiger partial charge is 0.495 e. The predicted octanol–water partition coefficient (Wildman–Crippen LogP) is 4.43. The maximum absolute atomic E-state index is 14.1. The normalized spacial score (nSPS) is 26.4. The van der Waals surface area contributed by atoms with Crippen LogP contribution in [0.15, 0.2) is 35.7 Å². The Bertz CT molecular complexity index is 2000. The fourth-order valence-electron chi connectivity index (χ4n) is 6.73. The van der Waals surface area contributed by atoms with Crippen LogP contribution in [-0.4, -0.2) is 96.2 Å². The van der Waals surface area contributed by atoms with Gasteiger partial charge < -0.3 is 24.6 Å². The van der Waals surface area contributed by atoms with Gasteiger partial charge in [0.1, 0.15) is 44.9 Å². The first kappa shape index (κ1) is 34.5. The lowest BCUT2D eigenvalue weighted by Gasteiger charge is -2.30. The van der Waals surface area contributed by atoms with Crippen molar-refractivity contribution >= 4 is 61.7 Å². The molecule has 4 aliphatic rings. The highest BCUT2D eigenvalue weighted by Crippen LogP contribution is 2.46. The van der Waals surface area contributed by atoms with Gasteiger partial charge >= 0.3 is 6.03 Å². The fourth-order valence-corrected chi connectivity index (χ4v) is 9.13. The number of sulfonamides is 1. The smallest absolute Gasteiger partial charge is 0.319 e. The number of halogens is 1. The highest BCUT2D eigenvalue weighted by molar-refractivity contribution is 7.91. The number of urea groups is 1. The van der Waals surface area contributed by atoms with Crippen molar-refractivity contribution in [3.63, 3.8) is 0 Å². The lowest BCUT2D eigenvalue weighted by atomic mass is 10.1. The summed E-state index contributed by atoms with van der Waals surface area (Å²) in [7, 11) is -0.604. The molecule has 7 rings (SSSR count). The Morgan fingerprint density at radius 2 is 1.98 bits per heavy atom. The number of nitrogens with zero attached hydrogens (tertiary/aromatic N) is 4. The van der Waals surface area contributed by atoms with Crippen LogP contribution in [0.1, 0.15) is 50.6 Å². The number of rotatable bonds is 7. The molecule has 13 nitrogen and oxygen atoms in total. The van der Waals surface area contributed by atoms with E-state index < -0.39 is 44.9 Å². The Hall–Kier alpha value is -3.95. The molecule has 4 amide bonds. The number of thiazole rings is 1. The topological polar surface area (TPSA) is 160 Å². The number of allylic oxidation sites excluding steroid dienone is 1. The van der Waals surface area contributed by atoms with Gasteiger partial charge in [-0.3, -0.25) is 14.3 Å². The average Bonchev–Trinajstić information content (AvgIpc) is 3.97. The van der Waals surface area contributed by atoms with E-state index in [1.165, 1.54) is 23.3 Å². The maximum atomic E-state index is 14.1. The van der Waals surface area contributed by atoms with E-state index in [1.807, 2.05) is 24.5 Å². The first-order valence-corrected chi connectivity index (χ1v) is 19.5. The van der Waals surface area contributed by atoms with Crippen molar-refractivity contribution in [1.29, 1.82) is 0 Å². The number of hydrogen-bond donors (Lipinski definition) is 2. The van der Waals surface area contributed by atoms with Crippen LogP contribution < -0.4 is 19.5 Å². The molecule has 3 aromatic rings. The fraction of sp³-hybridized carbons (Fsp3) is 0.500. The second kappa shape index (κ2) is 13.3. The van der Waals surface area contributed by atoms with Gasteiger partial charge in [-0.2, -0.15) is 0 Å². The van der Waals surface area contributed by atoms with E-state index in [0.29, 0.717) is 57.5 Å². The summed E-state index contributed by atoms with van der Waals surface area (Å²) in [4.78, 5) is 54.0. The Morgan fingerprint density at radius 3 is 2.70 bits per heavy atom. The van der Waals surface area contributed by atoms with Crippen molar-refractivity contribution in [3.05, 3.63) is 46.4 Å². The Balaban J connectivity index is 1.21. The zero-order valence-electron chi connectivity index (χ0n) is 28.0. The summed E-state index contributed by atoms with van der Waals surface area (Å²) in [6.45, 7) is 2.45. The molecule has 4 heterocycles. The molecule has 2 aromatic heterocycles. The molecule has 1 saturated heterocycles. The number of fused-ring (bicyclic) bond motifs is 3. The number of hydrogen-bond acceptors (Lipinski definition) is 10. The Kier molecular flexibility index (Phi) is 9.18. The number of ether oxygens (including phenoxy) is 2. The number of benzene rings is 1. The summed E-state index contributed by atoms with van der Waals surface area (Å²) in [5, 5.41) is 5.79. The van der Waals surface area contributed by atoms with Crippen LogP contribution in [-0.2, 0) is 19.6 Å². The standard InChI is InChI=1S/C34H39ClN6O7S2/c1-19-18-49-30(36-19)24-15-27(23-11-12-26(47-3)28(35)29(23)37-24)48-21-14-25-31(42)40(2)13-7-5-4-6-8-20-16-34(20,38-33(44)41(25)17-21)32(43)39-50(45,46)22-9-10-22/h6,8,11-12,15,18,20-22,25H,4-5,7,9-10,13-14,16-17H2,1-3H3,(H,38,44)(H,39,43)/b8-6-/t20?,21-,25-,34+/m0/s1. The first-order valence-electron chi connectivity index (χ1n) is 16.7. The number of nitrogens with one attached hydrogen (secondary N) is 2. The van der Waals surface area contributed by atoms with Crippen molar-refractivity contribution in [2.24, 2.45) is 5.92 Å². The third-order valence-electron chi connectivity index (χ3n) is 9.81. The monoisotopic (exact) mass is 742 g/mol. The van der Waals surface area contributed by atoms with E-state index in [2.05, 4.69) is 15.0 Å². The minimum atomic E-state index is -3.85. The van der Waals surface area contributed by atoms with Gasteiger partial charge in [-0.1, -0.05) is 23.8 Å². The summed E-state index contributed by atoms with van der Waals surface area (Å²) < 4.78 is 39.8. The molecule has 0 radical (unpaired) electrons. The molecule has 1 unspecified atom stereocenters. The van der Waals surface area contributed by atoms with E-state index in [9.17, 15) is 22.8 Å². The van der Waals surface area contributed by atoms with Gasteiger partial charge in [-0.25, -0.2) is 23.2 Å². The zero-order chi connectivity index (χ0) is 35.4. The van der Waals surface area contributed by atoms with Crippen LogP contribution in [0, 0.1) is 12.8 Å². The quantitative estimate of drug-likeness (QED) is 0.334. The van der Waals surface area contributed by atoms with Gasteiger partial charge in [0.25, 0.3) is 5.91 Å². The molecule has 16 heteroatoms. The molecule has 2 aliphatic carbocycles. The highest BCUT2D eigenvalue weighted by atomic mass is 35.5. The van der Waals surface area contributed by atoms with Crippen LogP contribution in [0.3, 0.4) is 0 Å². The second-order valence-electron chi connectivity index (χ2n) is 13.5. The molecule has 266 valence electrons. The third kappa shape index (κ3) is 6.62. The molecule has 50 heavy (non-hydrogen) atoms. The van der Waals surface area contributed by atoms with Crippen LogP contribution >= 0.6 is 22.9 Å². The van der Waals surface area contributed by atoms with Crippen molar-refractivity contribution in [2.75, 3.05) is 27.2 Å². The highest BCUT2D eigenvalue weighted by Gasteiger charge is 2.62. The molecule has 0 bridgehead atoms. The summed E-state index contributed by atoms with van der Waals surface area (Å²) in [5.74, 6) is -0.483. The average molecular weight is 743 g/mol. The molecule has 0 spiro atoms. The van der Waals surface area contributed by atoms with E-state index in [-0.39, 0.29) is 31.2 Å². The van der Waals surface area contributed by atoms with Crippen LogP contribution in [0.2, 0.25) is 5.02 Å².